The van der Waals surface area contributed by atoms with Gasteiger partial charge in [-0.2, -0.15) is 0 Å². The molecule has 18 atom stereocenters. The van der Waals surface area contributed by atoms with E-state index in [1.165, 1.54) is 0 Å². The van der Waals surface area contributed by atoms with Crippen LogP contribution in [0.25, 0.3) is 0 Å². The van der Waals surface area contributed by atoms with Crippen LogP contribution in [0.2, 0.25) is 90.7 Å². The molecule has 6 fully saturated rings. The minimum Gasteiger partial charge on any atom is -0.768 e. The molecule has 6 aliphatic rings. The molecule has 592 valence electrons. The van der Waals surface area contributed by atoms with Crippen molar-refractivity contribution in [3.05, 3.63) is 63.8 Å². The second kappa shape index (κ2) is 35.7. The van der Waals surface area contributed by atoms with Gasteiger partial charge in [0, 0.05) is 43.6 Å². The minimum absolute atomic E-state index is 0.0378. The lowest BCUT2D eigenvalue weighted by atomic mass is 9.76. The number of benzene rings is 1. The fourth-order valence-corrected chi connectivity index (χ4v) is 21.4. The molecule has 7 rings (SSSR count). The minimum atomic E-state index is -2.68. The molecule has 0 amide bonds. The zero-order chi connectivity index (χ0) is 77.2. The van der Waals surface area contributed by atoms with E-state index in [1.54, 1.807) is 19.2 Å². The molecule has 7 unspecified atom stereocenters. The number of ketones is 1. The summed E-state index contributed by atoms with van der Waals surface area (Å²) in [5.41, 5.74) is 3.64. The first-order valence-corrected chi connectivity index (χ1v) is 56.0. The lowest BCUT2D eigenvalue weighted by Crippen LogP contribution is -2.69. The van der Waals surface area contributed by atoms with E-state index < -0.39 is 126 Å². The Morgan fingerprint density at radius 3 is 1.81 bits per heavy atom. The molecular formula is C80H142IO16SSi5-. The number of methoxy groups -OCH3 is 1. The number of rotatable bonds is 31. The Bertz CT molecular complexity index is 3010. The molecule has 0 saturated carbocycles. The van der Waals surface area contributed by atoms with Crippen LogP contribution in [0.4, 0.5) is 0 Å². The van der Waals surface area contributed by atoms with Crippen molar-refractivity contribution in [2.24, 2.45) is 5.92 Å². The Kier molecular flexibility index (Phi) is 31.1. The molecule has 1 aromatic rings. The molecule has 6 aliphatic heterocycles. The van der Waals surface area contributed by atoms with Gasteiger partial charge in [0.1, 0.15) is 30.2 Å². The first-order valence-electron chi connectivity index (χ1n) is 39.1. The first kappa shape index (κ1) is 89.7. The van der Waals surface area contributed by atoms with Gasteiger partial charge in [0.15, 0.2) is 47.9 Å². The second-order valence-electron chi connectivity index (χ2n) is 38.7. The lowest BCUT2D eigenvalue weighted by molar-refractivity contribution is -0.268. The van der Waals surface area contributed by atoms with Crippen molar-refractivity contribution in [1.82, 2.24) is 0 Å². The topological polar surface area (TPSA) is 177 Å². The zero-order valence-electron chi connectivity index (χ0n) is 69.0. The monoisotopic (exact) mass is 1660 g/mol. The van der Waals surface area contributed by atoms with Crippen LogP contribution < -0.4 is 0 Å². The van der Waals surface area contributed by atoms with Gasteiger partial charge in [-0.25, -0.2) is 0 Å². The van der Waals surface area contributed by atoms with Crippen molar-refractivity contribution in [3.8, 4) is 0 Å². The maximum absolute atomic E-state index is 16.9. The van der Waals surface area contributed by atoms with Gasteiger partial charge in [-0.05, 0) is 211 Å². The molecule has 103 heavy (non-hydrogen) atoms. The van der Waals surface area contributed by atoms with Crippen molar-refractivity contribution in [2.45, 2.75) is 400 Å². The van der Waals surface area contributed by atoms with E-state index in [0.717, 1.165) is 81.3 Å². The van der Waals surface area contributed by atoms with E-state index in [1.807, 2.05) is 10.1 Å². The van der Waals surface area contributed by atoms with Gasteiger partial charge in [0.2, 0.25) is 0 Å². The van der Waals surface area contributed by atoms with Gasteiger partial charge in [-0.3, -0.25) is 9.00 Å². The summed E-state index contributed by atoms with van der Waals surface area (Å²) >= 11 is -0.294. The predicted molar refractivity (Wildman–Crippen MR) is 437 cm³/mol. The Morgan fingerprint density at radius 1 is 0.670 bits per heavy atom. The van der Waals surface area contributed by atoms with Crippen LogP contribution in [0.1, 0.15) is 211 Å². The highest BCUT2D eigenvalue weighted by Crippen LogP contribution is 2.51. The molecule has 16 nitrogen and oxygen atoms in total. The quantitative estimate of drug-likeness (QED) is 0.0296. The molecule has 0 bridgehead atoms. The number of carbonyl (C=O) groups excluding carboxylic acids is 1. The molecule has 0 spiro atoms. The predicted octanol–water partition coefficient (Wildman–Crippen LogP) is 19.7. The number of Topliss-reactive ketones (excluding diaryl/α,β-unsaturated/α-hetero) is 1. The largest absolute Gasteiger partial charge is 0.768 e. The van der Waals surface area contributed by atoms with Crippen molar-refractivity contribution in [2.75, 3.05) is 26.9 Å². The summed E-state index contributed by atoms with van der Waals surface area (Å²) in [5, 5.41) is -0.634. The van der Waals surface area contributed by atoms with E-state index >= 15 is 4.79 Å². The van der Waals surface area contributed by atoms with Gasteiger partial charge in [0.05, 0.1) is 92.9 Å². The van der Waals surface area contributed by atoms with E-state index in [0.29, 0.717) is 44.3 Å². The summed E-state index contributed by atoms with van der Waals surface area (Å²) in [6.07, 6.45) is 4.55. The molecule has 0 aliphatic carbocycles. The standard InChI is InChI=1S/C80H143IO16SSi5/c1-30-54-33-37-58(98(83)84)48-59(54)70(63-39-40-64-72(92-63)74(96-102(26,27)79(13,14)15)75(97-103(28,29)80(16,17)18)73(93-64)65(42-43-81)95-101(24,25)78(10,11)12)61(82)49-60-67(91-68(71(60)85-19)47-57(94-100(22,23)77(7,8)9)51-88-99(20,21)76(4,5)6)50-66-52(2)32-34-55(89-66)35-38-62-53(3)46-56(90-62)36-41-69-86-44-31-45-87-69/h33,37,42-43,48,55-57,60,62-75H,2-3,30-32,34-36,38-41,44-47,49-51H2,1,4-29H3,(H,83,84)/p-1/b43-42+/t55-,56+,57?,60+,62+,63-,64+,65+,66-,67+,68-,70?,71?,72?,73-,74?,75?/m1/s1. The number of hydrogen-bond donors (Lipinski definition) is 0. The van der Waals surface area contributed by atoms with Crippen molar-refractivity contribution < 1.29 is 73.6 Å². The SMILES string of the molecule is C=C1C[C@H](CCC2OCCCO2)O[C@H]1CC[C@H]1CCC(=C)[C@@H](C[C@@H]2O[C@H](CC(CO[Si](C)(C)C(C)(C)C)O[Si](C)(C)C(C)(C)C)C(OC)[C@H]2CC(=O)C(c2cc(S(=O)[O-])ccc2CC)[C@H]2CC[C@@H]3O[C@H]([C@H](/C=C/I)O[Si](C)(C)C(C)(C)C)C(O[Si](C)(C)C(C)(C)C)C(O[Si](C)(C)C(C)(C)C)C3O2)O1. The molecular weight excluding hydrogens is 1520 g/mol. The smallest absolute Gasteiger partial charge is 0.193 e. The lowest BCUT2D eigenvalue weighted by Gasteiger charge is -2.56. The van der Waals surface area contributed by atoms with Gasteiger partial charge in [-0.1, -0.05) is 153 Å². The van der Waals surface area contributed by atoms with Gasteiger partial charge in [-0.15, -0.1) is 0 Å². The van der Waals surface area contributed by atoms with Gasteiger partial charge < -0.3 is 64.6 Å². The highest BCUT2D eigenvalue weighted by Gasteiger charge is 2.60. The van der Waals surface area contributed by atoms with E-state index in [-0.39, 0.29) is 79.1 Å². The van der Waals surface area contributed by atoms with Crippen LogP contribution in [-0.4, -0.2) is 181 Å². The number of carbonyl (C=O) groups is 1. The summed E-state index contributed by atoms with van der Waals surface area (Å²) in [5.74, 6) is -1.48. The summed E-state index contributed by atoms with van der Waals surface area (Å²) in [6, 6.07) is 5.24. The van der Waals surface area contributed by atoms with Crippen LogP contribution >= 0.6 is 22.6 Å². The zero-order valence-corrected chi connectivity index (χ0v) is 77.0. The van der Waals surface area contributed by atoms with Crippen LogP contribution in [0.15, 0.2) is 57.6 Å². The van der Waals surface area contributed by atoms with E-state index in [9.17, 15) is 8.76 Å². The van der Waals surface area contributed by atoms with Crippen LogP contribution in [-0.2, 0) is 82.3 Å². The third-order valence-corrected chi connectivity index (χ3v) is 49.5. The second-order valence-corrected chi connectivity index (χ2v) is 64.1. The molecule has 0 aromatic heterocycles. The summed E-state index contributed by atoms with van der Waals surface area (Å²) in [7, 11) is -10.7. The van der Waals surface area contributed by atoms with Crippen molar-refractivity contribution in [1.29, 1.82) is 0 Å². The number of halogens is 1. The summed E-state index contributed by atoms with van der Waals surface area (Å²) < 4.78 is 122. The average Bonchev–Trinajstić information content (AvgIpc) is 0.821. The Morgan fingerprint density at radius 2 is 1.24 bits per heavy atom. The number of aryl methyl sites for hydroxylation is 1. The molecule has 23 heteroatoms. The van der Waals surface area contributed by atoms with Gasteiger partial charge >= 0.3 is 0 Å². The number of hydrogen-bond acceptors (Lipinski definition) is 16. The molecule has 6 heterocycles. The maximum Gasteiger partial charge on any atom is 0.193 e. The Hall–Kier alpha value is -0.486. The maximum atomic E-state index is 16.9. The number of ether oxygens (including phenoxy) is 8. The Balaban J connectivity index is 1.31. The average molecular weight is 1660 g/mol. The third-order valence-electron chi connectivity index (χ3n) is 26.0. The highest BCUT2D eigenvalue weighted by molar-refractivity contribution is 14.1. The third kappa shape index (κ3) is 22.7. The molecule has 0 radical (unpaired) electrons. The summed E-state index contributed by atoms with van der Waals surface area (Å²) in [4.78, 5) is 17.0. The van der Waals surface area contributed by atoms with Crippen LogP contribution in [0.3, 0.4) is 0 Å². The fourth-order valence-electron chi connectivity index (χ4n) is 14.3. The van der Waals surface area contributed by atoms with E-state index in [2.05, 4.69) is 218 Å². The first-order chi connectivity index (χ1) is 47.4. The molecule has 0 N–H and O–H groups in total. The van der Waals surface area contributed by atoms with Crippen molar-refractivity contribution >= 4 is 81.0 Å². The van der Waals surface area contributed by atoms with E-state index in [4.69, 9.17) is 60.0 Å². The van der Waals surface area contributed by atoms with Crippen LogP contribution in [0.5, 0.6) is 0 Å². The number of fused-ring (bicyclic) bond motifs is 1. The molecule has 1 aromatic carbocycles. The normalized spacial score (nSPS) is 30.1. The van der Waals surface area contributed by atoms with Crippen molar-refractivity contribution in [3.63, 3.8) is 0 Å². The van der Waals surface area contributed by atoms with Crippen LogP contribution in [0, 0.1) is 5.92 Å². The fraction of sp³-hybridized carbons (Fsp3) is 0.838. The highest BCUT2D eigenvalue weighted by atomic mass is 127. The summed E-state index contributed by atoms with van der Waals surface area (Å²) in [6.45, 7) is 70.0. The Labute approximate surface area is 646 Å². The molecule has 6 saturated heterocycles. The van der Waals surface area contributed by atoms with Gasteiger partial charge in [0.25, 0.3) is 0 Å².